The highest BCUT2D eigenvalue weighted by Gasteiger charge is 2.32. The molecule has 1 saturated heterocycles. The second-order valence-electron chi connectivity index (χ2n) is 4.72. The average Bonchev–Trinajstić information content (AvgIpc) is 2.91. The Labute approximate surface area is 119 Å². The van der Waals surface area contributed by atoms with Gasteiger partial charge in [-0.15, -0.1) is 0 Å². The third-order valence-corrected chi connectivity index (χ3v) is 3.98. The molecule has 1 aromatic rings. The SMILES string of the molecule is CNc1c(C(N)=O)c(Br)nn1[C@@H]1CN[C@@H](C(C)O)C1. The minimum atomic E-state index is -0.527. The zero-order valence-electron chi connectivity index (χ0n) is 10.9. The number of hydrogen-bond acceptors (Lipinski definition) is 5. The monoisotopic (exact) mass is 331 g/mol. The molecule has 8 heteroatoms. The average molecular weight is 332 g/mol. The molecule has 106 valence electrons. The molecular formula is C11H18BrN5O2. The summed E-state index contributed by atoms with van der Waals surface area (Å²) in [5, 5.41) is 20.1. The van der Waals surface area contributed by atoms with E-state index >= 15 is 0 Å². The van der Waals surface area contributed by atoms with Crippen molar-refractivity contribution >= 4 is 27.7 Å². The zero-order chi connectivity index (χ0) is 14.2. The Balaban J connectivity index is 2.31. The van der Waals surface area contributed by atoms with Crippen LogP contribution in [-0.2, 0) is 0 Å². The van der Waals surface area contributed by atoms with Gasteiger partial charge in [-0.2, -0.15) is 5.10 Å². The summed E-state index contributed by atoms with van der Waals surface area (Å²) in [6.45, 7) is 2.45. The molecular weight excluding hydrogens is 314 g/mol. The van der Waals surface area contributed by atoms with Crippen molar-refractivity contribution in [2.24, 2.45) is 5.73 Å². The number of carbonyl (C=O) groups excluding carboxylic acids is 1. The molecule has 0 aromatic carbocycles. The first-order chi connectivity index (χ1) is 8.95. The number of anilines is 1. The van der Waals surface area contributed by atoms with Gasteiger partial charge < -0.3 is 21.5 Å². The van der Waals surface area contributed by atoms with Gasteiger partial charge in [0.15, 0.2) is 0 Å². The molecule has 0 bridgehead atoms. The lowest BCUT2D eigenvalue weighted by atomic mass is 10.1. The van der Waals surface area contributed by atoms with E-state index in [1.807, 2.05) is 0 Å². The highest BCUT2D eigenvalue weighted by atomic mass is 79.9. The van der Waals surface area contributed by atoms with Crippen molar-refractivity contribution in [3.05, 3.63) is 10.2 Å². The zero-order valence-corrected chi connectivity index (χ0v) is 12.4. The van der Waals surface area contributed by atoms with Crippen LogP contribution in [0.3, 0.4) is 0 Å². The summed E-state index contributed by atoms with van der Waals surface area (Å²) in [7, 11) is 1.72. The smallest absolute Gasteiger partial charge is 0.255 e. The van der Waals surface area contributed by atoms with Crippen LogP contribution < -0.4 is 16.4 Å². The van der Waals surface area contributed by atoms with Crippen molar-refractivity contribution < 1.29 is 9.90 Å². The summed E-state index contributed by atoms with van der Waals surface area (Å²) >= 11 is 3.26. The molecule has 0 spiro atoms. The molecule has 0 radical (unpaired) electrons. The van der Waals surface area contributed by atoms with Gasteiger partial charge in [-0.1, -0.05) is 0 Å². The van der Waals surface area contributed by atoms with Crippen LogP contribution in [0.4, 0.5) is 5.82 Å². The molecule has 3 atom stereocenters. The lowest BCUT2D eigenvalue weighted by Crippen LogP contribution is -2.32. The molecule has 1 aromatic heterocycles. The molecule has 1 aliphatic heterocycles. The van der Waals surface area contributed by atoms with Crippen molar-refractivity contribution in [3.63, 3.8) is 0 Å². The van der Waals surface area contributed by atoms with Crippen molar-refractivity contribution in [1.82, 2.24) is 15.1 Å². The van der Waals surface area contributed by atoms with Crippen molar-refractivity contribution in [2.45, 2.75) is 31.5 Å². The van der Waals surface area contributed by atoms with E-state index in [4.69, 9.17) is 5.73 Å². The number of amides is 1. The molecule has 0 saturated carbocycles. The van der Waals surface area contributed by atoms with Crippen LogP contribution in [-0.4, -0.2) is 46.5 Å². The number of aromatic nitrogens is 2. The van der Waals surface area contributed by atoms with Gasteiger partial charge in [-0.25, -0.2) is 4.68 Å². The standard InChI is InChI=1S/C11H18BrN5O2/c1-5(18)7-3-6(4-15-7)17-11(14-2)8(10(13)19)9(12)16-17/h5-7,14-15,18H,3-4H2,1-2H3,(H2,13,19)/t5?,6-,7+/m0/s1. The van der Waals surface area contributed by atoms with Gasteiger partial charge in [-0.3, -0.25) is 4.79 Å². The normalized spacial score (nSPS) is 24.4. The fourth-order valence-corrected chi connectivity index (χ4v) is 2.98. The first kappa shape index (κ1) is 14.3. The molecule has 1 fully saturated rings. The quantitative estimate of drug-likeness (QED) is 0.625. The summed E-state index contributed by atoms with van der Waals surface area (Å²) in [5.41, 5.74) is 5.71. The summed E-state index contributed by atoms with van der Waals surface area (Å²) < 4.78 is 2.18. The van der Waals surface area contributed by atoms with Gasteiger partial charge in [0, 0.05) is 19.6 Å². The predicted molar refractivity (Wildman–Crippen MR) is 75.1 cm³/mol. The molecule has 5 N–H and O–H groups in total. The second-order valence-corrected chi connectivity index (χ2v) is 5.47. The van der Waals surface area contributed by atoms with Gasteiger partial charge in [0.05, 0.1) is 12.1 Å². The first-order valence-corrected chi connectivity index (χ1v) is 6.92. The molecule has 0 aliphatic carbocycles. The van der Waals surface area contributed by atoms with E-state index in [9.17, 15) is 9.90 Å². The Morgan fingerprint density at radius 3 is 2.89 bits per heavy atom. The number of halogens is 1. The summed E-state index contributed by atoms with van der Waals surface area (Å²) in [5.74, 6) is 0.0675. The van der Waals surface area contributed by atoms with Gasteiger partial charge >= 0.3 is 0 Å². The minimum Gasteiger partial charge on any atom is -0.392 e. The van der Waals surface area contributed by atoms with Crippen LogP contribution in [0, 0.1) is 0 Å². The van der Waals surface area contributed by atoms with Crippen molar-refractivity contribution in [3.8, 4) is 0 Å². The largest absolute Gasteiger partial charge is 0.392 e. The van der Waals surface area contributed by atoms with Crippen LogP contribution in [0.15, 0.2) is 4.60 Å². The molecule has 1 unspecified atom stereocenters. The van der Waals surface area contributed by atoms with E-state index in [0.717, 1.165) is 6.42 Å². The lowest BCUT2D eigenvalue weighted by Gasteiger charge is -2.15. The second kappa shape index (κ2) is 5.48. The van der Waals surface area contributed by atoms with Crippen molar-refractivity contribution in [1.29, 1.82) is 0 Å². The van der Waals surface area contributed by atoms with E-state index in [2.05, 4.69) is 31.7 Å². The fourth-order valence-electron chi connectivity index (χ4n) is 2.43. The number of hydrogen-bond donors (Lipinski definition) is 4. The first-order valence-electron chi connectivity index (χ1n) is 6.12. The highest BCUT2D eigenvalue weighted by Crippen LogP contribution is 2.30. The molecule has 1 aliphatic rings. The summed E-state index contributed by atoms with van der Waals surface area (Å²) in [4.78, 5) is 11.4. The Morgan fingerprint density at radius 2 is 2.42 bits per heavy atom. The van der Waals surface area contributed by atoms with Crippen molar-refractivity contribution in [2.75, 3.05) is 18.9 Å². The Hall–Kier alpha value is -1.12. The number of nitrogens with two attached hydrogens (primary N) is 1. The number of aliphatic hydroxyl groups excluding tert-OH is 1. The van der Waals surface area contributed by atoms with Gasteiger partial charge in [-0.05, 0) is 29.3 Å². The number of primary amides is 1. The Morgan fingerprint density at radius 1 is 1.74 bits per heavy atom. The summed E-state index contributed by atoms with van der Waals surface area (Å²) in [6.07, 6.45) is 0.330. The van der Waals surface area contributed by atoms with E-state index in [0.29, 0.717) is 22.5 Å². The van der Waals surface area contributed by atoms with Gasteiger partial charge in [0.2, 0.25) is 0 Å². The number of nitrogens with one attached hydrogen (secondary N) is 2. The van der Waals surface area contributed by atoms with Crippen LogP contribution >= 0.6 is 15.9 Å². The number of nitrogens with zero attached hydrogens (tertiary/aromatic N) is 2. The van der Waals surface area contributed by atoms with Crippen LogP contribution in [0.25, 0.3) is 0 Å². The van der Waals surface area contributed by atoms with E-state index in [1.165, 1.54) is 0 Å². The maximum atomic E-state index is 11.4. The molecule has 2 rings (SSSR count). The van der Waals surface area contributed by atoms with Gasteiger partial charge in [0.1, 0.15) is 16.0 Å². The number of rotatable bonds is 4. The lowest BCUT2D eigenvalue weighted by molar-refractivity contribution is 0.1000. The molecule has 7 nitrogen and oxygen atoms in total. The topological polar surface area (TPSA) is 105 Å². The maximum Gasteiger partial charge on any atom is 0.255 e. The Bertz CT molecular complexity index is 488. The number of carbonyl (C=O) groups is 1. The van der Waals surface area contributed by atoms with Crippen LogP contribution in [0.1, 0.15) is 29.7 Å². The van der Waals surface area contributed by atoms with E-state index in [-0.39, 0.29) is 12.1 Å². The van der Waals surface area contributed by atoms with Gasteiger partial charge in [0.25, 0.3) is 5.91 Å². The summed E-state index contributed by atoms with van der Waals surface area (Å²) in [6, 6.07) is 0.112. The Kier molecular flexibility index (Phi) is 4.12. The van der Waals surface area contributed by atoms with Crippen LogP contribution in [0.5, 0.6) is 0 Å². The molecule has 1 amide bonds. The maximum absolute atomic E-state index is 11.4. The fraction of sp³-hybridized carbons (Fsp3) is 0.636. The number of aliphatic hydroxyl groups is 1. The predicted octanol–water partition coefficient (Wildman–Crippen LogP) is 0.0700. The highest BCUT2D eigenvalue weighted by molar-refractivity contribution is 9.10. The van der Waals surface area contributed by atoms with E-state index < -0.39 is 12.0 Å². The third-order valence-electron chi connectivity index (χ3n) is 3.42. The van der Waals surface area contributed by atoms with Crippen LogP contribution in [0.2, 0.25) is 0 Å². The van der Waals surface area contributed by atoms with E-state index in [1.54, 1.807) is 18.7 Å². The third kappa shape index (κ3) is 2.60. The molecule has 2 heterocycles. The minimum absolute atomic E-state index is 0.0368. The molecule has 19 heavy (non-hydrogen) atoms.